The number of rotatable bonds is 3. The molecule has 4 aliphatic rings. The molecule has 2 saturated carbocycles. The molecule has 3 heteroatoms. The highest BCUT2D eigenvalue weighted by molar-refractivity contribution is 6.01. The second-order valence-corrected chi connectivity index (χ2v) is 9.16. The van der Waals surface area contributed by atoms with Gasteiger partial charge in [0.1, 0.15) is 0 Å². The van der Waals surface area contributed by atoms with Crippen LogP contribution in [0.4, 0.5) is 0 Å². The molecule has 0 heterocycles. The van der Waals surface area contributed by atoms with E-state index in [1.54, 1.807) is 12.2 Å². The lowest BCUT2D eigenvalue weighted by Crippen LogP contribution is -2.48. The third-order valence-corrected chi connectivity index (χ3v) is 7.97. The lowest BCUT2D eigenvalue weighted by Gasteiger charge is -2.54. The van der Waals surface area contributed by atoms with E-state index in [4.69, 9.17) is 5.11 Å². The maximum atomic E-state index is 11.8. The molecule has 0 aromatic carbocycles. The predicted octanol–water partition coefficient (Wildman–Crippen LogP) is 4.72. The molecule has 26 heavy (non-hydrogen) atoms. The lowest BCUT2D eigenvalue weighted by molar-refractivity contribution is -0.137. The Morgan fingerprint density at radius 3 is 2.81 bits per heavy atom. The summed E-state index contributed by atoms with van der Waals surface area (Å²) in [5.74, 6) is 1.19. The van der Waals surface area contributed by atoms with Crippen molar-refractivity contribution >= 4 is 11.8 Å². The quantitative estimate of drug-likeness (QED) is 0.748. The maximum Gasteiger partial charge on any atom is 0.303 e. The second kappa shape index (κ2) is 5.80. The van der Waals surface area contributed by atoms with Crippen LogP contribution < -0.4 is 0 Å². The fraction of sp³-hybridized carbons (Fsp3) is 0.565. The number of carboxylic acids is 1. The number of fused-ring (bicyclic) bond motifs is 5. The summed E-state index contributed by atoms with van der Waals surface area (Å²) in [6.45, 7) is 8.98. The number of carbonyl (C=O) groups is 2. The Hall–Kier alpha value is -1.90. The maximum absolute atomic E-state index is 11.8. The molecule has 2 fully saturated rings. The van der Waals surface area contributed by atoms with E-state index in [0.717, 1.165) is 24.8 Å². The first-order valence-corrected chi connectivity index (χ1v) is 9.79. The topological polar surface area (TPSA) is 54.4 Å². The molecular formula is C23H28O3. The van der Waals surface area contributed by atoms with Crippen LogP contribution in [0, 0.1) is 34.5 Å². The number of ketones is 1. The smallest absolute Gasteiger partial charge is 0.303 e. The van der Waals surface area contributed by atoms with Gasteiger partial charge in [-0.05, 0) is 72.5 Å². The summed E-state index contributed by atoms with van der Waals surface area (Å²) in [6, 6.07) is 0. The standard InChI is InChI=1S/C23H28O3/c1-14-12-20-17-5-4-15-13-16(24)8-10-22(15,2)19(17)9-11-23(20,3)18(14)6-7-21(25)26/h4-5,8,10,13,17-20H,1,6-7,9,11-12H2,2-3H3,(H,25,26)/t17-,18-,19+,20+,22+,23-/m1/s1. The Morgan fingerprint density at radius 1 is 1.31 bits per heavy atom. The normalized spacial score (nSPS) is 43.5. The molecule has 0 radical (unpaired) electrons. The van der Waals surface area contributed by atoms with E-state index in [1.807, 2.05) is 0 Å². The molecule has 0 aliphatic heterocycles. The number of aliphatic carboxylic acids is 1. The van der Waals surface area contributed by atoms with Crippen molar-refractivity contribution < 1.29 is 14.7 Å². The van der Waals surface area contributed by atoms with Crippen LogP contribution in [-0.4, -0.2) is 16.9 Å². The van der Waals surface area contributed by atoms with Crippen molar-refractivity contribution in [2.45, 2.75) is 46.0 Å². The summed E-state index contributed by atoms with van der Waals surface area (Å²) in [5.41, 5.74) is 2.47. The molecular weight excluding hydrogens is 324 g/mol. The van der Waals surface area contributed by atoms with Crippen LogP contribution in [0.3, 0.4) is 0 Å². The van der Waals surface area contributed by atoms with Gasteiger partial charge in [0, 0.05) is 11.8 Å². The van der Waals surface area contributed by atoms with Crippen LogP contribution in [0.15, 0.2) is 48.1 Å². The fourth-order valence-electron chi connectivity index (χ4n) is 6.52. The average molecular weight is 352 g/mol. The lowest BCUT2D eigenvalue weighted by atomic mass is 9.49. The summed E-state index contributed by atoms with van der Waals surface area (Å²) >= 11 is 0. The van der Waals surface area contributed by atoms with Crippen LogP contribution in [0.5, 0.6) is 0 Å². The van der Waals surface area contributed by atoms with Crippen LogP contribution in [0.1, 0.15) is 46.0 Å². The Labute approximate surface area is 155 Å². The monoisotopic (exact) mass is 352 g/mol. The van der Waals surface area contributed by atoms with Gasteiger partial charge in [-0.1, -0.05) is 44.2 Å². The minimum Gasteiger partial charge on any atom is -0.481 e. The predicted molar refractivity (Wildman–Crippen MR) is 101 cm³/mol. The zero-order valence-electron chi connectivity index (χ0n) is 15.7. The van der Waals surface area contributed by atoms with Gasteiger partial charge in [0.15, 0.2) is 5.78 Å². The van der Waals surface area contributed by atoms with E-state index in [9.17, 15) is 9.59 Å². The van der Waals surface area contributed by atoms with Crippen LogP contribution >= 0.6 is 0 Å². The van der Waals surface area contributed by atoms with Gasteiger partial charge in [0.2, 0.25) is 0 Å². The Bertz CT molecular complexity index is 770. The molecule has 0 bridgehead atoms. The first-order valence-electron chi connectivity index (χ1n) is 9.79. The van der Waals surface area contributed by atoms with Gasteiger partial charge in [0.05, 0.1) is 0 Å². The van der Waals surface area contributed by atoms with Gasteiger partial charge in [0.25, 0.3) is 0 Å². The van der Waals surface area contributed by atoms with E-state index in [1.165, 1.54) is 5.57 Å². The van der Waals surface area contributed by atoms with E-state index < -0.39 is 5.97 Å². The van der Waals surface area contributed by atoms with Gasteiger partial charge in [-0.2, -0.15) is 0 Å². The summed E-state index contributed by atoms with van der Waals surface area (Å²) < 4.78 is 0. The van der Waals surface area contributed by atoms with Crippen molar-refractivity contribution in [3.05, 3.63) is 48.1 Å². The summed E-state index contributed by atoms with van der Waals surface area (Å²) in [7, 11) is 0. The molecule has 4 rings (SSSR count). The van der Waals surface area contributed by atoms with Crippen LogP contribution in [0.25, 0.3) is 0 Å². The van der Waals surface area contributed by atoms with E-state index in [0.29, 0.717) is 30.1 Å². The van der Waals surface area contributed by atoms with E-state index in [2.05, 4.69) is 38.7 Å². The minimum absolute atomic E-state index is 0.0604. The second-order valence-electron chi connectivity index (χ2n) is 9.16. The molecule has 0 spiro atoms. The van der Waals surface area contributed by atoms with Crippen LogP contribution in [0.2, 0.25) is 0 Å². The Morgan fingerprint density at radius 2 is 2.08 bits per heavy atom. The largest absolute Gasteiger partial charge is 0.481 e. The number of carbonyl (C=O) groups excluding carboxylic acids is 1. The third-order valence-electron chi connectivity index (χ3n) is 7.97. The zero-order chi connectivity index (χ0) is 18.7. The zero-order valence-corrected chi connectivity index (χ0v) is 15.7. The average Bonchev–Trinajstić information content (AvgIpc) is 2.83. The SMILES string of the molecule is C=C1C[C@H]2[C@@H]3C=CC4=CC(=O)C=C[C@]4(C)[C@H]3CC[C@]2(C)[C@@H]1CCC(=O)O. The number of hydrogen-bond acceptors (Lipinski definition) is 2. The molecule has 1 N–H and O–H groups in total. The summed E-state index contributed by atoms with van der Waals surface area (Å²) in [6.07, 6.45) is 14.3. The summed E-state index contributed by atoms with van der Waals surface area (Å²) in [5, 5.41) is 9.13. The van der Waals surface area contributed by atoms with E-state index >= 15 is 0 Å². The van der Waals surface area contributed by atoms with Gasteiger partial charge in [-0.3, -0.25) is 9.59 Å². The van der Waals surface area contributed by atoms with E-state index in [-0.39, 0.29) is 23.0 Å². The summed E-state index contributed by atoms with van der Waals surface area (Å²) in [4.78, 5) is 22.9. The van der Waals surface area contributed by atoms with Crippen molar-refractivity contribution in [1.82, 2.24) is 0 Å². The molecule has 3 nitrogen and oxygen atoms in total. The Balaban J connectivity index is 1.67. The number of hydrogen-bond donors (Lipinski definition) is 1. The van der Waals surface area contributed by atoms with Crippen molar-refractivity contribution in [2.24, 2.45) is 34.5 Å². The highest BCUT2D eigenvalue weighted by Crippen LogP contribution is 2.66. The van der Waals surface area contributed by atoms with Gasteiger partial charge < -0.3 is 5.11 Å². The highest BCUT2D eigenvalue weighted by atomic mass is 16.4. The molecule has 4 aliphatic carbocycles. The van der Waals surface area contributed by atoms with Gasteiger partial charge in [-0.25, -0.2) is 0 Å². The molecule has 0 unspecified atom stereocenters. The highest BCUT2D eigenvalue weighted by Gasteiger charge is 2.58. The molecule has 0 amide bonds. The molecule has 0 aromatic heterocycles. The molecule has 0 saturated heterocycles. The molecule has 0 aromatic rings. The van der Waals surface area contributed by atoms with Gasteiger partial charge >= 0.3 is 5.97 Å². The van der Waals surface area contributed by atoms with Crippen molar-refractivity contribution in [2.75, 3.05) is 0 Å². The Kier molecular flexibility index (Phi) is 3.91. The van der Waals surface area contributed by atoms with Crippen LogP contribution in [-0.2, 0) is 9.59 Å². The van der Waals surface area contributed by atoms with Gasteiger partial charge in [-0.15, -0.1) is 0 Å². The van der Waals surface area contributed by atoms with Crippen molar-refractivity contribution in [3.63, 3.8) is 0 Å². The van der Waals surface area contributed by atoms with Crippen molar-refractivity contribution in [3.8, 4) is 0 Å². The molecule has 6 atom stereocenters. The first-order chi connectivity index (χ1) is 12.3. The first kappa shape index (κ1) is 17.5. The third kappa shape index (κ3) is 2.39. The fourth-order valence-corrected chi connectivity index (χ4v) is 6.52. The minimum atomic E-state index is -0.713. The molecule has 138 valence electrons. The number of allylic oxidation sites excluding steroid dienone is 7. The number of carboxylic acid groups (broad SMARTS) is 1. The van der Waals surface area contributed by atoms with Crippen molar-refractivity contribution in [1.29, 1.82) is 0 Å².